The molecule has 0 saturated heterocycles. The number of aromatic hydroxyl groups is 1. The van der Waals surface area contributed by atoms with Gasteiger partial charge >= 0.3 is 0 Å². The fourth-order valence-electron chi connectivity index (χ4n) is 2.33. The predicted octanol–water partition coefficient (Wildman–Crippen LogP) is 3.64. The Kier molecular flexibility index (Phi) is 3.47. The summed E-state index contributed by atoms with van der Waals surface area (Å²) in [5.74, 6) is -0.553. The van der Waals surface area contributed by atoms with Crippen molar-refractivity contribution in [2.45, 2.75) is 6.92 Å². The molecule has 0 atom stereocenters. The molecule has 1 aliphatic carbocycles. The van der Waals surface area contributed by atoms with Gasteiger partial charge in [0.25, 0.3) is 0 Å². The zero-order valence-electron chi connectivity index (χ0n) is 11.7. The number of allylic oxidation sites excluding steroid dienone is 2. The number of aryl methyl sites for hydroxylation is 1. The second-order valence-electron chi connectivity index (χ2n) is 5.02. The molecule has 0 fully saturated rings. The zero-order valence-corrected chi connectivity index (χ0v) is 12.4. The van der Waals surface area contributed by atoms with E-state index in [2.05, 4.69) is 5.32 Å². The molecule has 1 aliphatic rings. The third kappa shape index (κ3) is 2.27. The zero-order chi connectivity index (χ0) is 15.9. The third-order valence-electron chi connectivity index (χ3n) is 3.53. The molecule has 0 radical (unpaired) electrons. The van der Waals surface area contributed by atoms with Crippen LogP contribution in [0.2, 0.25) is 0 Å². The van der Waals surface area contributed by atoms with E-state index in [4.69, 9.17) is 11.6 Å². The normalized spacial score (nSPS) is 14.1. The Hall–Kier alpha value is -2.59. The Balaban J connectivity index is 2.03. The van der Waals surface area contributed by atoms with Gasteiger partial charge in [-0.2, -0.15) is 0 Å². The summed E-state index contributed by atoms with van der Waals surface area (Å²) in [4.78, 5) is 24.8. The average Bonchev–Trinajstić information content (AvgIpc) is 2.53. The summed E-state index contributed by atoms with van der Waals surface area (Å²) in [6.07, 6.45) is 0. The van der Waals surface area contributed by atoms with Crippen molar-refractivity contribution in [2.75, 3.05) is 5.32 Å². The van der Waals surface area contributed by atoms with E-state index in [1.54, 1.807) is 43.3 Å². The summed E-state index contributed by atoms with van der Waals surface area (Å²) in [5.41, 5.74) is 1.91. The minimum atomic E-state index is -0.380. The van der Waals surface area contributed by atoms with Crippen LogP contribution in [0.5, 0.6) is 5.75 Å². The van der Waals surface area contributed by atoms with Crippen molar-refractivity contribution < 1.29 is 14.7 Å². The van der Waals surface area contributed by atoms with Crippen LogP contribution in [-0.2, 0) is 0 Å². The van der Waals surface area contributed by atoms with Gasteiger partial charge in [-0.1, -0.05) is 35.9 Å². The highest BCUT2D eigenvalue weighted by Gasteiger charge is 2.31. The number of halogens is 1. The monoisotopic (exact) mass is 313 g/mol. The Bertz CT molecular complexity index is 840. The quantitative estimate of drug-likeness (QED) is 0.831. The van der Waals surface area contributed by atoms with Gasteiger partial charge in [0.1, 0.15) is 16.5 Å². The molecule has 0 heterocycles. The summed E-state index contributed by atoms with van der Waals surface area (Å²) in [7, 11) is 0. The minimum absolute atomic E-state index is 0.0513. The van der Waals surface area contributed by atoms with E-state index in [1.165, 1.54) is 6.07 Å². The van der Waals surface area contributed by atoms with Crippen LogP contribution in [0.1, 0.15) is 26.3 Å². The Morgan fingerprint density at radius 3 is 2.27 bits per heavy atom. The first-order chi connectivity index (χ1) is 10.5. The molecule has 0 amide bonds. The lowest BCUT2D eigenvalue weighted by Gasteiger charge is -2.19. The maximum Gasteiger partial charge on any atom is 0.211 e. The van der Waals surface area contributed by atoms with Gasteiger partial charge in [0, 0.05) is 16.8 Å². The van der Waals surface area contributed by atoms with Crippen molar-refractivity contribution >= 4 is 28.9 Å². The molecule has 4 nitrogen and oxygen atoms in total. The number of rotatable bonds is 2. The molecule has 2 aromatic rings. The Morgan fingerprint density at radius 2 is 1.64 bits per heavy atom. The van der Waals surface area contributed by atoms with Crippen molar-refractivity contribution in [1.82, 2.24) is 0 Å². The van der Waals surface area contributed by atoms with Gasteiger partial charge in [0.05, 0.1) is 0 Å². The third-order valence-corrected chi connectivity index (χ3v) is 3.89. The highest BCUT2D eigenvalue weighted by atomic mass is 35.5. The van der Waals surface area contributed by atoms with E-state index < -0.39 is 0 Å². The first kappa shape index (κ1) is 14.4. The van der Waals surface area contributed by atoms with Crippen LogP contribution in [0.3, 0.4) is 0 Å². The summed E-state index contributed by atoms with van der Waals surface area (Å²) < 4.78 is 0. The predicted molar refractivity (Wildman–Crippen MR) is 84.4 cm³/mol. The van der Waals surface area contributed by atoms with Gasteiger partial charge < -0.3 is 10.4 Å². The van der Waals surface area contributed by atoms with E-state index in [1.807, 2.05) is 0 Å². The van der Waals surface area contributed by atoms with Gasteiger partial charge in [-0.15, -0.1) is 0 Å². The number of hydrogen-bond donors (Lipinski definition) is 2. The number of benzene rings is 2. The number of Topliss-reactive ketones (excluding diaryl/α,β-unsaturated/α-hetero) is 2. The number of hydrogen-bond acceptors (Lipinski definition) is 4. The Labute approximate surface area is 132 Å². The van der Waals surface area contributed by atoms with Gasteiger partial charge in [-0.25, -0.2) is 0 Å². The maximum atomic E-state index is 12.5. The molecule has 22 heavy (non-hydrogen) atoms. The first-order valence-electron chi connectivity index (χ1n) is 6.64. The molecule has 3 rings (SSSR count). The standard InChI is InChI=1S/C17H12ClNO3/c1-9-8-10(6-7-13(9)20)19-15-14(18)16(21)11-4-2-3-5-12(11)17(15)22/h2-8,19-20H,1H3. The topological polar surface area (TPSA) is 66.4 Å². The first-order valence-corrected chi connectivity index (χ1v) is 7.01. The van der Waals surface area contributed by atoms with Crippen molar-refractivity contribution in [3.05, 3.63) is 69.9 Å². The highest BCUT2D eigenvalue weighted by Crippen LogP contribution is 2.30. The summed E-state index contributed by atoms with van der Waals surface area (Å²) in [5, 5.41) is 12.3. The fraction of sp³-hybridized carbons (Fsp3) is 0.0588. The van der Waals surface area contributed by atoms with E-state index in [0.717, 1.165) is 0 Å². The molecule has 0 spiro atoms. The van der Waals surface area contributed by atoms with Crippen LogP contribution < -0.4 is 5.32 Å². The van der Waals surface area contributed by atoms with Gasteiger partial charge in [-0.3, -0.25) is 9.59 Å². The number of nitrogens with one attached hydrogen (secondary N) is 1. The lowest BCUT2D eigenvalue weighted by molar-refractivity contribution is 0.0982. The maximum absolute atomic E-state index is 12.5. The molecule has 110 valence electrons. The number of carbonyl (C=O) groups excluding carboxylic acids is 2. The summed E-state index contributed by atoms with van der Waals surface area (Å²) >= 11 is 6.07. The number of ketones is 2. The van der Waals surface area contributed by atoms with Crippen LogP contribution in [0, 0.1) is 6.92 Å². The second kappa shape index (κ2) is 5.31. The molecular weight excluding hydrogens is 302 g/mol. The van der Waals surface area contributed by atoms with Crippen LogP contribution in [0.4, 0.5) is 5.69 Å². The number of carbonyl (C=O) groups is 2. The van der Waals surface area contributed by atoms with Crippen molar-refractivity contribution in [3.8, 4) is 5.75 Å². The average molecular weight is 314 g/mol. The molecule has 0 unspecified atom stereocenters. The van der Waals surface area contributed by atoms with Crippen molar-refractivity contribution in [3.63, 3.8) is 0 Å². The van der Waals surface area contributed by atoms with Gasteiger partial charge in [0.2, 0.25) is 11.6 Å². The number of phenols is 1. The Morgan fingerprint density at radius 1 is 1.00 bits per heavy atom. The van der Waals surface area contributed by atoms with Crippen molar-refractivity contribution in [2.24, 2.45) is 0 Å². The van der Waals surface area contributed by atoms with Gasteiger partial charge in [-0.05, 0) is 30.7 Å². The lowest BCUT2D eigenvalue weighted by atomic mass is 9.92. The van der Waals surface area contributed by atoms with Crippen LogP contribution in [-0.4, -0.2) is 16.7 Å². The lowest BCUT2D eigenvalue weighted by Crippen LogP contribution is -2.24. The smallest absolute Gasteiger partial charge is 0.211 e. The molecule has 2 N–H and O–H groups in total. The van der Waals surface area contributed by atoms with Crippen LogP contribution in [0.15, 0.2) is 53.2 Å². The van der Waals surface area contributed by atoms with Crippen LogP contribution in [0.25, 0.3) is 0 Å². The number of fused-ring (bicyclic) bond motifs is 1. The van der Waals surface area contributed by atoms with Crippen LogP contribution >= 0.6 is 11.6 Å². The molecule has 5 heteroatoms. The molecular formula is C17H12ClNO3. The molecule has 0 aliphatic heterocycles. The molecule has 2 aromatic carbocycles. The largest absolute Gasteiger partial charge is 0.508 e. The number of anilines is 1. The summed E-state index contributed by atoms with van der Waals surface area (Å²) in [6, 6.07) is 11.4. The van der Waals surface area contributed by atoms with E-state index in [0.29, 0.717) is 22.4 Å². The van der Waals surface area contributed by atoms with E-state index in [-0.39, 0.29) is 28.0 Å². The van der Waals surface area contributed by atoms with E-state index in [9.17, 15) is 14.7 Å². The number of phenolic OH excluding ortho intramolecular Hbond substituents is 1. The van der Waals surface area contributed by atoms with E-state index >= 15 is 0 Å². The van der Waals surface area contributed by atoms with Gasteiger partial charge in [0.15, 0.2) is 0 Å². The minimum Gasteiger partial charge on any atom is -0.508 e. The summed E-state index contributed by atoms with van der Waals surface area (Å²) in [6.45, 7) is 1.74. The molecule has 0 saturated carbocycles. The highest BCUT2D eigenvalue weighted by molar-refractivity contribution is 6.50. The molecule has 0 aromatic heterocycles. The van der Waals surface area contributed by atoms with Crippen molar-refractivity contribution in [1.29, 1.82) is 0 Å². The fourth-order valence-corrected chi connectivity index (χ4v) is 2.57. The molecule has 0 bridgehead atoms. The SMILES string of the molecule is Cc1cc(NC2=C(Cl)C(=O)c3ccccc3C2=O)ccc1O. The second-order valence-corrected chi connectivity index (χ2v) is 5.40.